The zero-order valence-corrected chi connectivity index (χ0v) is 11.6. The van der Waals surface area contributed by atoms with Gasteiger partial charge in [-0.2, -0.15) is 0 Å². The first-order valence-corrected chi connectivity index (χ1v) is 7.45. The van der Waals surface area contributed by atoms with Crippen molar-refractivity contribution in [2.24, 2.45) is 0 Å². The van der Waals surface area contributed by atoms with Gasteiger partial charge in [0.15, 0.2) is 0 Å². The van der Waals surface area contributed by atoms with Crippen molar-refractivity contribution in [1.82, 2.24) is 5.16 Å². The SMILES string of the molecule is Cc1noc(NS(=O)(=O)c2csc(C(=O)O)c2)c1C. The second kappa shape index (κ2) is 4.67. The molecule has 0 aliphatic heterocycles. The Morgan fingerprint density at radius 2 is 2.16 bits per heavy atom. The van der Waals surface area contributed by atoms with Gasteiger partial charge in [-0.1, -0.05) is 5.16 Å². The molecule has 19 heavy (non-hydrogen) atoms. The van der Waals surface area contributed by atoms with Crippen molar-refractivity contribution < 1.29 is 22.8 Å². The second-order valence-electron chi connectivity index (χ2n) is 3.78. The summed E-state index contributed by atoms with van der Waals surface area (Å²) < 4.78 is 31.1. The number of carboxylic acids is 1. The van der Waals surface area contributed by atoms with E-state index < -0.39 is 16.0 Å². The number of nitrogens with zero attached hydrogens (tertiary/aromatic N) is 1. The summed E-state index contributed by atoms with van der Waals surface area (Å²) >= 11 is 0.840. The van der Waals surface area contributed by atoms with E-state index >= 15 is 0 Å². The largest absolute Gasteiger partial charge is 0.477 e. The molecule has 0 aromatic carbocycles. The fourth-order valence-electron chi connectivity index (χ4n) is 1.26. The van der Waals surface area contributed by atoms with Crippen molar-refractivity contribution in [2.75, 3.05) is 4.72 Å². The van der Waals surface area contributed by atoms with Crippen LogP contribution in [0.15, 0.2) is 20.9 Å². The third-order valence-electron chi connectivity index (χ3n) is 2.48. The Morgan fingerprint density at radius 1 is 1.47 bits per heavy atom. The van der Waals surface area contributed by atoms with Gasteiger partial charge in [0.25, 0.3) is 10.0 Å². The van der Waals surface area contributed by atoms with Crippen molar-refractivity contribution >= 4 is 33.2 Å². The number of rotatable bonds is 4. The van der Waals surface area contributed by atoms with Gasteiger partial charge in [-0.05, 0) is 19.9 Å². The lowest BCUT2D eigenvalue weighted by Gasteiger charge is -2.02. The highest BCUT2D eigenvalue weighted by atomic mass is 32.2. The fraction of sp³-hybridized carbons (Fsp3) is 0.200. The number of aromatic nitrogens is 1. The highest BCUT2D eigenvalue weighted by molar-refractivity contribution is 7.92. The molecule has 0 saturated carbocycles. The van der Waals surface area contributed by atoms with Crippen LogP contribution in [0.2, 0.25) is 0 Å². The molecule has 2 rings (SSSR count). The van der Waals surface area contributed by atoms with Gasteiger partial charge in [-0.15, -0.1) is 11.3 Å². The molecule has 7 nitrogen and oxygen atoms in total. The van der Waals surface area contributed by atoms with E-state index in [0.717, 1.165) is 17.4 Å². The molecule has 2 N–H and O–H groups in total. The first kappa shape index (κ1) is 13.6. The van der Waals surface area contributed by atoms with Crippen LogP contribution in [0.5, 0.6) is 0 Å². The summed E-state index contributed by atoms with van der Waals surface area (Å²) in [5.41, 5.74) is 1.16. The lowest BCUT2D eigenvalue weighted by atomic mass is 10.3. The van der Waals surface area contributed by atoms with Crippen LogP contribution < -0.4 is 4.72 Å². The van der Waals surface area contributed by atoms with Gasteiger partial charge < -0.3 is 9.63 Å². The van der Waals surface area contributed by atoms with Crippen LogP contribution in [0.3, 0.4) is 0 Å². The minimum absolute atomic E-state index is 0.0283. The number of nitrogens with one attached hydrogen (secondary N) is 1. The number of anilines is 1. The monoisotopic (exact) mass is 302 g/mol. The van der Waals surface area contributed by atoms with Gasteiger partial charge in [0.05, 0.1) is 10.6 Å². The van der Waals surface area contributed by atoms with Gasteiger partial charge in [0.1, 0.15) is 4.88 Å². The summed E-state index contributed by atoms with van der Waals surface area (Å²) in [6, 6.07) is 1.09. The summed E-state index contributed by atoms with van der Waals surface area (Å²) in [6.45, 7) is 3.35. The quantitative estimate of drug-likeness (QED) is 0.892. The number of aryl methyl sites for hydroxylation is 1. The van der Waals surface area contributed by atoms with E-state index in [1.54, 1.807) is 13.8 Å². The Hall–Kier alpha value is -1.87. The molecule has 9 heteroatoms. The van der Waals surface area contributed by atoms with Crippen molar-refractivity contribution in [2.45, 2.75) is 18.7 Å². The second-order valence-corrected chi connectivity index (χ2v) is 6.37. The molecule has 0 spiro atoms. The van der Waals surface area contributed by atoms with Crippen LogP contribution in [0.4, 0.5) is 5.88 Å². The van der Waals surface area contributed by atoms with Crippen LogP contribution >= 0.6 is 11.3 Å². The smallest absolute Gasteiger partial charge is 0.345 e. The summed E-state index contributed by atoms with van der Waals surface area (Å²) in [4.78, 5) is 10.6. The molecule has 102 valence electrons. The maximum atomic E-state index is 12.0. The third-order valence-corrected chi connectivity index (χ3v) is 4.86. The number of carboxylic acid groups (broad SMARTS) is 1. The average Bonchev–Trinajstić information content (AvgIpc) is 2.92. The Kier molecular flexibility index (Phi) is 3.33. The van der Waals surface area contributed by atoms with Gasteiger partial charge in [-0.3, -0.25) is 0 Å². The van der Waals surface area contributed by atoms with E-state index in [1.807, 2.05) is 0 Å². The number of sulfonamides is 1. The van der Waals surface area contributed by atoms with Crippen molar-refractivity contribution in [1.29, 1.82) is 0 Å². The van der Waals surface area contributed by atoms with Gasteiger partial charge >= 0.3 is 5.97 Å². The standard InChI is InChI=1S/C10H10N2O5S2/c1-5-6(2)11-17-9(5)12-19(15,16)7-3-8(10(13)14)18-4-7/h3-4,12H,1-2H3,(H,13,14). The van der Waals surface area contributed by atoms with E-state index in [1.165, 1.54) is 5.38 Å². The van der Waals surface area contributed by atoms with Crippen LogP contribution in [-0.2, 0) is 10.0 Å². The predicted octanol–water partition coefficient (Wildman–Crippen LogP) is 1.85. The molecule has 0 aliphatic rings. The van der Waals surface area contributed by atoms with Crippen molar-refractivity contribution in [3.05, 3.63) is 27.6 Å². The molecule has 0 fully saturated rings. The third kappa shape index (κ3) is 2.61. The van der Waals surface area contributed by atoms with E-state index in [9.17, 15) is 13.2 Å². The molecule has 0 amide bonds. The molecule has 0 radical (unpaired) electrons. The van der Waals surface area contributed by atoms with E-state index in [-0.39, 0.29) is 15.7 Å². The Morgan fingerprint density at radius 3 is 2.63 bits per heavy atom. The van der Waals surface area contributed by atoms with Crippen molar-refractivity contribution in [3.8, 4) is 0 Å². The number of carbonyl (C=O) groups is 1. The fourth-order valence-corrected chi connectivity index (χ4v) is 3.42. The first-order valence-electron chi connectivity index (χ1n) is 5.09. The Bertz CT molecular complexity index is 729. The molecule has 0 atom stereocenters. The molecule has 0 aliphatic carbocycles. The molecule has 0 unspecified atom stereocenters. The molecule has 2 aromatic heterocycles. The summed E-state index contributed by atoms with van der Waals surface area (Å²) in [5.74, 6) is -1.14. The normalized spacial score (nSPS) is 11.5. The number of hydrogen-bond donors (Lipinski definition) is 2. The van der Waals surface area contributed by atoms with Gasteiger partial charge in [0, 0.05) is 10.9 Å². The number of thiophene rings is 1. The van der Waals surface area contributed by atoms with Crippen LogP contribution in [0.25, 0.3) is 0 Å². The molecule has 2 aromatic rings. The van der Waals surface area contributed by atoms with E-state index in [4.69, 9.17) is 9.63 Å². The first-order chi connectivity index (χ1) is 8.81. The predicted molar refractivity (Wildman–Crippen MR) is 68.1 cm³/mol. The van der Waals surface area contributed by atoms with Gasteiger partial charge in [0.2, 0.25) is 5.88 Å². The zero-order valence-electron chi connectivity index (χ0n) is 10.00. The molecule has 0 bridgehead atoms. The highest BCUT2D eigenvalue weighted by Crippen LogP contribution is 2.24. The highest BCUT2D eigenvalue weighted by Gasteiger charge is 2.21. The number of hydrogen-bond acceptors (Lipinski definition) is 6. The topological polar surface area (TPSA) is 110 Å². The Balaban J connectivity index is 2.32. The average molecular weight is 302 g/mol. The molecule has 0 saturated heterocycles. The maximum absolute atomic E-state index is 12.0. The van der Waals surface area contributed by atoms with Crippen molar-refractivity contribution in [3.63, 3.8) is 0 Å². The van der Waals surface area contributed by atoms with E-state index in [0.29, 0.717) is 11.3 Å². The number of aromatic carboxylic acids is 1. The molecular weight excluding hydrogens is 292 g/mol. The van der Waals surface area contributed by atoms with E-state index in [2.05, 4.69) is 9.88 Å². The minimum Gasteiger partial charge on any atom is -0.477 e. The zero-order chi connectivity index (χ0) is 14.2. The lowest BCUT2D eigenvalue weighted by Crippen LogP contribution is -2.12. The Labute approximate surface area is 112 Å². The molecule has 2 heterocycles. The van der Waals surface area contributed by atoms with Crippen LogP contribution in [0.1, 0.15) is 20.9 Å². The molecular formula is C10H10N2O5S2. The van der Waals surface area contributed by atoms with Crippen LogP contribution in [-0.4, -0.2) is 24.7 Å². The van der Waals surface area contributed by atoms with Gasteiger partial charge in [-0.25, -0.2) is 17.9 Å². The minimum atomic E-state index is -3.87. The summed E-state index contributed by atoms with van der Waals surface area (Å²) in [5, 5.41) is 13.7. The summed E-state index contributed by atoms with van der Waals surface area (Å²) in [6.07, 6.45) is 0. The summed E-state index contributed by atoms with van der Waals surface area (Å²) in [7, 11) is -3.87. The van der Waals surface area contributed by atoms with Crippen LogP contribution in [0, 0.1) is 13.8 Å². The maximum Gasteiger partial charge on any atom is 0.345 e. The lowest BCUT2D eigenvalue weighted by molar-refractivity contribution is 0.0702.